The zero-order valence-corrected chi connectivity index (χ0v) is 21.3. The highest BCUT2D eigenvalue weighted by Gasteiger charge is 2.32. The highest BCUT2D eigenvalue weighted by molar-refractivity contribution is 9.10. The normalized spacial score (nSPS) is 16.9. The molecule has 35 heavy (non-hydrogen) atoms. The van der Waals surface area contributed by atoms with Gasteiger partial charge in [0, 0.05) is 5.56 Å². The predicted octanol–water partition coefficient (Wildman–Crippen LogP) is 4.80. The van der Waals surface area contributed by atoms with E-state index in [0.717, 1.165) is 41.0 Å². The second-order valence-corrected chi connectivity index (χ2v) is 10.5. The largest absolute Gasteiger partial charge is 0.507 e. The average Bonchev–Trinajstić information content (AvgIpc) is 3.19. The number of aromatic hydroxyl groups is 1. The second kappa shape index (κ2) is 8.66. The van der Waals surface area contributed by atoms with Gasteiger partial charge in [0.15, 0.2) is 4.80 Å². The molecule has 2 heterocycles. The molecular formula is C28H21BrN2O3S. The zero-order chi connectivity index (χ0) is 24.1. The van der Waals surface area contributed by atoms with E-state index in [1.807, 2.05) is 41.0 Å². The van der Waals surface area contributed by atoms with Crippen molar-refractivity contribution in [2.75, 3.05) is 7.11 Å². The van der Waals surface area contributed by atoms with Gasteiger partial charge in [-0.25, -0.2) is 4.99 Å². The fourth-order valence-corrected chi connectivity index (χ4v) is 6.27. The van der Waals surface area contributed by atoms with E-state index in [1.165, 1.54) is 22.5 Å². The van der Waals surface area contributed by atoms with Crippen molar-refractivity contribution in [3.05, 3.63) is 119 Å². The molecule has 1 aromatic heterocycles. The van der Waals surface area contributed by atoms with Crippen molar-refractivity contribution < 1.29 is 9.84 Å². The molecule has 3 aromatic carbocycles. The lowest BCUT2D eigenvalue weighted by Gasteiger charge is -2.30. The van der Waals surface area contributed by atoms with Gasteiger partial charge >= 0.3 is 0 Å². The van der Waals surface area contributed by atoms with Crippen molar-refractivity contribution in [1.82, 2.24) is 4.57 Å². The number of fused-ring (bicyclic) bond motifs is 3. The number of aromatic nitrogens is 1. The summed E-state index contributed by atoms with van der Waals surface area (Å²) in [7, 11) is 1.65. The molecule has 1 N–H and O–H groups in total. The Hall–Kier alpha value is -3.42. The summed E-state index contributed by atoms with van der Waals surface area (Å²) in [6.07, 6.45) is 3.63. The number of benzene rings is 3. The third kappa shape index (κ3) is 3.75. The predicted molar refractivity (Wildman–Crippen MR) is 142 cm³/mol. The summed E-state index contributed by atoms with van der Waals surface area (Å²) in [6, 6.07) is 21.3. The first-order chi connectivity index (χ1) is 17.0. The van der Waals surface area contributed by atoms with E-state index in [4.69, 9.17) is 9.73 Å². The van der Waals surface area contributed by atoms with E-state index in [2.05, 4.69) is 34.1 Å². The van der Waals surface area contributed by atoms with Crippen molar-refractivity contribution in [2.24, 2.45) is 4.99 Å². The van der Waals surface area contributed by atoms with Gasteiger partial charge in [-0.3, -0.25) is 9.36 Å². The van der Waals surface area contributed by atoms with Crippen LogP contribution >= 0.6 is 27.3 Å². The molecule has 2 aliphatic rings. The molecule has 0 saturated carbocycles. The standard InChI is InChI=1S/C28H21BrN2O3S/c1-34-19-10-7-18(8-11-19)26-21-12-9-17-4-2-3-5-20(17)25(21)30-28-31(26)27(33)24(35-28)15-16-6-13-23(32)22(29)14-16/h2-8,10-11,13-15,26,32H,9,12H2,1H3. The number of rotatable bonds is 3. The highest BCUT2D eigenvalue weighted by Crippen LogP contribution is 2.41. The Balaban J connectivity index is 1.60. The van der Waals surface area contributed by atoms with Gasteiger partial charge < -0.3 is 9.84 Å². The van der Waals surface area contributed by atoms with Crippen molar-refractivity contribution in [3.63, 3.8) is 0 Å². The first-order valence-electron chi connectivity index (χ1n) is 11.3. The molecule has 1 aliphatic heterocycles. The van der Waals surface area contributed by atoms with Gasteiger partial charge in [0.25, 0.3) is 5.56 Å². The molecule has 0 fully saturated rings. The van der Waals surface area contributed by atoms with Crippen LogP contribution in [0.15, 0.2) is 86.6 Å². The van der Waals surface area contributed by atoms with Crippen LogP contribution in [0.2, 0.25) is 0 Å². The van der Waals surface area contributed by atoms with Gasteiger partial charge in [-0.1, -0.05) is 53.8 Å². The fourth-order valence-electron chi connectivity index (χ4n) is 4.87. The van der Waals surface area contributed by atoms with E-state index in [9.17, 15) is 9.90 Å². The molecule has 1 aliphatic carbocycles. The lowest BCUT2D eigenvalue weighted by molar-refractivity contribution is 0.414. The van der Waals surface area contributed by atoms with E-state index in [-0.39, 0.29) is 17.4 Å². The van der Waals surface area contributed by atoms with E-state index in [1.54, 1.807) is 25.3 Å². The van der Waals surface area contributed by atoms with E-state index in [0.29, 0.717) is 13.8 Å². The summed E-state index contributed by atoms with van der Waals surface area (Å²) in [6.45, 7) is 0. The van der Waals surface area contributed by atoms with Gasteiger partial charge in [-0.2, -0.15) is 0 Å². The summed E-state index contributed by atoms with van der Waals surface area (Å²) in [5.41, 5.74) is 6.38. The smallest absolute Gasteiger partial charge is 0.271 e. The minimum atomic E-state index is -0.228. The quantitative estimate of drug-likeness (QED) is 0.403. The Bertz CT molecular complexity index is 1680. The molecule has 6 rings (SSSR count). The number of phenols is 1. The number of allylic oxidation sites excluding steroid dienone is 1. The first kappa shape index (κ1) is 22.1. The summed E-state index contributed by atoms with van der Waals surface area (Å²) in [5, 5.41) is 9.84. The Morgan fingerprint density at radius 3 is 2.69 bits per heavy atom. The molecule has 174 valence electrons. The number of ether oxygens (including phenoxy) is 1. The maximum atomic E-state index is 13.8. The van der Waals surface area contributed by atoms with Crippen molar-refractivity contribution in [1.29, 1.82) is 0 Å². The van der Waals surface area contributed by atoms with Crippen LogP contribution in [-0.4, -0.2) is 16.8 Å². The molecule has 1 unspecified atom stereocenters. The van der Waals surface area contributed by atoms with Gasteiger partial charge in [0.2, 0.25) is 0 Å². The molecule has 4 aromatic rings. The van der Waals surface area contributed by atoms with E-state index < -0.39 is 0 Å². The van der Waals surface area contributed by atoms with Gasteiger partial charge in [0.1, 0.15) is 11.5 Å². The average molecular weight is 545 g/mol. The monoisotopic (exact) mass is 544 g/mol. The van der Waals surface area contributed by atoms with Gasteiger partial charge in [-0.15, -0.1) is 0 Å². The Morgan fingerprint density at radius 1 is 1.11 bits per heavy atom. The van der Waals surface area contributed by atoms with Crippen LogP contribution in [0.3, 0.4) is 0 Å². The summed E-state index contributed by atoms with van der Waals surface area (Å²) in [5.74, 6) is 0.941. The Morgan fingerprint density at radius 2 is 1.91 bits per heavy atom. The van der Waals surface area contributed by atoms with Crippen LogP contribution in [-0.2, 0) is 6.42 Å². The van der Waals surface area contributed by atoms with Crippen LogP contribution in [0.25, 0.3) is 11.8 Å². The number of nitrogens with zero attached hydrogens (tertiary/aromatic N) is 2. The molecular weight excluding hydrogens is 524 g/mol. The molecule has 7 heteroatoms. The molecule has 5 nitrogen and oxygen atoms in total. The highest BCUT2D eigenvalue weighted by atomic mass is 79.9. The number of methoxy groups -OCH3 is 1. The van der Waals surface area contributed by atoms with Crippen molar-refractivity contribution in [3.8, 4) is 11.5 Å². The SMILES string of the molecule is COc1ccc(C2C3=C(N=c4sc(=Cc5ccc(O)c(Br)c5)c(=O)n42)c2ccccc2CC3)cc1. The topological polar surface area (TPSA) is 63.8 Å². The lowest BCUT2D eigenvalue weighted by atomic mass is 9.83. The van der Waals surface area contributed by atoms with Crippen LogP contribution in [0.1, 0.15) is 34.7 Å². The number of hydrogen-bond acceptors (Lipinski definition) is 5. The number of phenolic OH excluding ortho intramolecular Hbond substituents is 1. The van der Waals surface area contributed by atoms with Crippen LogP contribution in [0, 0.1) is 0 Å². The zero-order valence-electron chi connectivity index (χ0n) is 18.9. The van der Waals surface area contributed by atoms with Crippen LogP contribution < -0.4 is 19.6 Å². The number of halogens is 1. The molecule has 0 radical (unpaired) electrons. The summed E-state index contributed by atoms with van der Waals surface area (Å²) < 4.78 is 8.39. The van der Waals surface area contributed by atoms with E-state index >= 15 is 0 Å². The van der Waals surface area contributed by atoms with Crippen molar-refractivity contribution in [2.45, 2.75) is 18.9 Å². The van der Waals surface area contributed by atoms with Crippen molar-refractivity contribution >= 4 is 39.0 Å². The number of aryl methyl sites for hydroxylation is 1. The molecule has 1 atom stereocenters. The van der Waals surface area contributed by atoms with Gasteiger partial charge in [0.05, 0.1) is 27.9 Å². The Kier molecular flexibility index (Phi) is 5.46. The maximum Gasteiger partial charge on any atom is 0.271 e. The maximum absolute atomic E-state index is 13.8. The lowest BCUT2D eigenvalue weighted by Crippen LogP contribution is -2.38. The third-order valence-electron chi connectivity index (χ3n) is 6.57. The Labute approximate surface area is 214 Å². The molecule has 0 amide bonds. The minimum absolute atomic E-state index is 0.0656. The third-order valence-corrected chi connectivity index (χ3v) is 8.19. The van der Waals surface area contributed by atoms with Gasteiger partial charge in [-0.05, 0) is 81.4 Å². The summed E-state index contributed by atoms with van der Waals surface area (Å²) in [4.78, 5) is 19.5. The molecule has 0 saturated heterocycles. The number of thiazole rings is 1. The second-order valence-electron chi connectivity index (χ2n) is 8.60. The minimum Gasteiger partial charge on any atom is -0.507 e. The van der Waals surface area contributed by atoms with Crippen LogP contribution in [0.5, 0.6) is 11.5 Å². The first-order valence-corrected chi connectivity index (χ1v) is 12.9. The number of hydrogen-bond donors (Lipinski definition) is 1. The van der Waals surface area contributed by atoms with Crippen LogP contribution in [0.4, 0.5) is 0 Å². The summed E-state index contributed by atoms with van der Waals surface area (Å²) >= 11 is 4.75. The molecule has 0 bridgehead atoms. The fraction of sp³-hybridized carbons (Fsp3) is 0.143. The molecule has 0 spiro atoms.